The van der Waals surface area contributed by atoms with Gasteiger partial charge in [0.25, 0.3) is 0 Å². The van der Waals surface area contributed by atoms with E-state index in [1.807, 2.05) is 0 Å². The second-order valence-corrected chi connectivity index (χ2v) is 5.61. The maximum absolute atomic E-state index is 10.1. The molecule has 2 saturated heterocycles. The fraction of sp³-hybridized carbons (Fsp3) is 1.00. The second-order valence-electron chi connectivity index (χ2n) is 5.61. The third-order valence-corrected chi connectivity index (χ3v) is 4.06. The first-order valence-corrected chi connectivity index (χ1v) is 7.15. The Hall–Kier alpha value is -0.440. The molecule has 0 saturated carbocycles. The lowest BCUT2D eigenvalue weighted by Crippen LogP contribution is -2.66. The summed E-state index contributed by atoms with van der Waals surface area (Å²) in [4.78, 5) is 0. The summed E-state index contributed by atoms with van der Waals surface area (Å²) in [5, 5.41) is 67.3. The topological polar surface area (TPSA) is 195 Å². The van der Waals surface area contributed by atoms with Gasteiger partial charge < -0.3 is 55.7 Å². The van der Waals surface area contributed by atoms with Crippen molar-refractivity contribution in [1.29, 1.82) is 0 Å². The van der Waals surface area contributed by atoms with E-state index in [1.54, 1.807) is 0 Å². The number of aliphatic hydroxyl groups excluding tert-OH is 7. The number of hydrogen-bond donors (Lipinski definition) is 8. The molecule has 10 atom stereocenters. The van der Waals surface area contributed by atoms with Gasteiger partial charge >= 0.3 is 0 Å². The van der Waals surface area contributed by atoms with Gasteiger partial charge in [-0.05, 0) is 0 Å². The lowest BCUT2D eigenvalue weighted by Gasteiger charge is -2.45. The predicted molar refractivity (Wildman–Crippen MR) is 70.6 cm³/mol. The van der Waals surface area contributed by atoms with Crippen LogP contribution in [0.15, 0.2) is 0 Å². The highest BCUT2D eigenvalue weighted by molar-refractivity contribution is 4.94. The van der Waals surface area contributed by atoms with Crippen LogP contribution in [0.3, 0.4) is 0 Å². The first-order valence-electron chi connectivity index (χ1n) is 7.15. The highest BCUT2D eigenvalue weighted by Gasteiger charge is 2.49. The third-order valence-electron chi connectivity index (χ3n) is 4.06. The van der Waals surface area contributed by atoms with E-state index in [4.69, 9.17) is 25.1 Å². The second kappa shape index (κ2) is 7.63. The quantitative estimate of drug-likeness (QED) is 0.243. The van der Waals surface area contributed by atoms with Crippen molar-refractivity contribution < 1.29 is 50.0 Å². The number of aliphatic hydroxyl groups is 7. The molecule has 0 amide bonds. The van der Waals surface area contributed by atoms with Crippen LogP contribution in [-0.4, -0.2) is 110 Å². The molecule has 6 unspecified atom stereocenters. The van der Waals surface area contributed by atoms with Gasteiger partial charge in [-0.25, -0.2) is 0 Å². The van der Waals surface area contributed by atoms with Gasteiger partial charge in [-0.3, -0.25) is 0 Å². The molecule has 0 spiro atoms. The lowest BCUT2D eigenvalue weighted by molar-refractivity contribution is -0.344. The van der Waals surface area contributed by atoms with Gasteiger partial charge in [0.2, 0.25) is 0 Å². The van der Waals surface area contributed by atoms with Crippen LogP contribution < -0.4 is 5.73 Å². The summed E-state index contributed by atoms with van der Waals surface area (Å²) in [6.07, 6.45) is -13.0. The van der Waals surface area contributed by atoms with Gasteiger partial charge in [-0.1, -0.05) is 0 Å². The summed E-state index contributed by atoms with van der Waals surface area (Å²) in [6.45, 7) is -1.26. The third kappa shape index (κ3) is 3.65. The van der Waals surface area contributed by atoms with Crippen LogP contribution in [0.2, 0.25) is 0 Å². The molecule has 0 radical (unpaired) electrons. The van der Waals surface area contributed by atoms with Crippen LogP contribution in [-0.2, 0) is 14.2 Å². The fourth-order valence-electron chi connectivity index (χ4n) is 2.60. The molecule has 11 heteroatoms. The zero-order valence-electron chi connectivity index (χ0n) is 12.1. The Bertz CT molecular complexity index is 383. The van der Waals surface area contributed by atoms with Crippen LogP contribution in [0.5, 0.6) is 0 Å². The van der Waals surface area contributed by atoms with E-state index < -0.39 is 74.6 Å². The smallest absolute Gasteiger partial charge is 0.187 e. The minimum absolute atomic E-state index is 0.622. The molecule has 0 aromatic carbocycles. The molecule has 0 aromatic rings. The minimum atomic E-state index is -1.68. The van der Waals surface area contributed by atoms with Crippen molar-refractivity contribution >= 4 is 0 Å². The largest absolute Gasteiger partial charge is 0.394 e. The van der Waals surface area contributed by atoms with Gasteiger partial charge in [0.1, 0.15) is 42.7 Å². The van der Waals surface area contributed by atoms with E-state index in [2.05, 4.69) is 0 Å². The van der Waals surface area contributed by atoms with Crippen molar-refractivity contribution in [1.82, 2.24) is 0 Å². The number of hydrogen-bond acceptors (Lipinski definition) is 11. The Morgan fingerprint density at radius 2 is 1.39 bits per heavy atom. The van der Waals surface area contributed by atoms with E-state index in [1.165, 1.54) is 0 Å². The van der Waals surface area contributed by atoms with Crippen LogP contribution in [0.25, 0.3) is 0 Å². The molecule has 0 aliphatic carbocycles. The molecular weight excluding hydrogens is 318 g/mol. The van der Waals surface area contributed by atoms with Crippen LogP contribution >= 0.6 is 0 Å². The van der Waals surface area contributed by atoms with E-state index in [9.17, 15) is 30.6 Å². The predicted octanol–water partition coefficient (Wildman–Crippen LogP) is -5.43. The van der Waals surface area contributed by atoms with Crippen molar-refractivity contribution in [3.8, 4) is 0 Å². The van der Waals surface area contributed by atoms with Gasteiger partial charge in [0.15, 0.2) is 12.6 Å². The van der Waals surface area contributed by atoms with E-state index in [0.717, 1.165) is 0 Å². The van der Waals surface area contributed by atoms with Crippen molar-refractivity contribution in [3.63, 3.8) is 0 Å². The van der Waals surface area contributed by atoms with Gasteiger partial charge in [0.05, 0.1) is 19.3 Å². The van der Waals surface area contributed by atoms with E-state index >= 15 is 0 Å². The van der Waals surface area contributed by atoms with Crippen molar-refractivity contribution in [3.05, 3.63) is 0 Å². The molecule has 136 valence electrons. The summed E-state index contributed by atoms with van der Waals surface area (Å²) in [5.74, 6) is 0. The summed E-state index contributed by atoms with van der Waals surface area (Å²) in [7, 11) is 0. The Balaban J connectivity index is 2.11. The molecule has 9 N–H and O–H groups in total. The standard InChI is InChI=1S/C12H23NO10/c13-5-7(17)10(4(2-15)21-11(5)20)23-12-9(19)8(18)6(16)3(1-14)22-12/h3-12,14-20H,1-2,13H2/t3?,4?,5?,6-,7?,8?,9?,10+,11-,12-/m0/s1. The monoisotopic (exact) mass is 341 g/mol. The van der Waals surface area contributed by atoms with Gasteiger partial charge in [0, 0.05) is 0 Å². The molecule has 0 bridgehead atoms. The molecule has 2 aliphatic rings. The zero-order valence-corrected chi connectivity index (χ0v) is 12.1. The minimum Gasteiger partial charge on any atom is -0.394 e. The summed E-state index contributed by atoms with van der Waals surface area (Å²) in [6, 6.07) is -1.23. The molecular formula is C12H23NO10. The summed E-state index contributed by atoms with van der Waals surface area (Å²) >= 11 is 0. The maximum Gasteiger partial charge on any atom is 0.187 e. The van der Waals surface area contributed by atoms with E-state index in [0.29, 0.717) is 0 Å². The molecule has 2 fully saturated rings. The highest BCUT2D eigenvalue weighted by atomic mass is 16.7. The average Bonchev–Trinajstić information content (AvgIpc) is 2.55. The molecule has 23 heavy (non-hydrogen) atoms. The average molecular weight is 341 g/mol. The van der Waals surface area contributed by atoms with Crippen molar-refractivity contribution in [2.24, 2.45) is 5.73 Å². The highest BCUT2D eigenvalue weighted by Crippen LogP contribution is 2.27. The summed E-state index contributed by atoms with van der Waals surface area (Å²) in [5.41, 5.74) is 5.55. The van der Waals surface area contributed by atoms with Gasteiger partial charge in [-0.15, -0.1) is 0 Å². The number of nitrogens with two attached hydrogens (primary N) is 1. The van der Waals surface area contributed by atoms with Crippen LogP contribution in [0.4, 0.5) is 0 Å². The maximum atomic E-state index is 10.1. The zero-order chi connectivity index (χ0) is 17.3. The molecule has 11 nitrogen and oxygen atoms in total. The fourth-order valence-corrected chi connectivity index (χ4v) is 2.60. The number of rotatable bonds is 4. The first-order chi connectivity index (χ1) is 10.8. The van der Waals surface area contributed by atoms with Gasteiger partial charge in [-0.2, -0.15) is 0 Å². The normalized spacial score (nSPS) is 51.7. The lowest BCUT2D eigenvalue weighted by atomic mass is 9.96. The number of ether oxygens (including phenoxy) is 3. The summed E-state index contributed by atoms with van der Waals surface area (Å²) < 4.78 is 15.5. The van der Waals surface area contributed by atoms with E-state index in [-0.39, 0.29) is 0 Å². The Labute approximate surface area is 131 Å². The molecule has 0 aromatic heterocycles. The first kappa shape index (κ1) is 18.9. The van der Waals surface area contributed by atoms with Crippen LogP contribution in [0.1, 0.15) is 0 Å². The Morgan fingerprint density at radius 3 is 1.96 bits per heavy atom. The SMILES string of the molecule is NC1C(O)[C@H](O[C@@H]2OC(CO)[C@H](O)C(O)C2O)C(CO)O[C@@H]1O. The van der Waals surface area contributed by atoms with Crippen molar-refractivity contribution in [2.45, 2.75) is 61.3 Å². The Morgan fingerprint density at radius 1 is 0.783 bits per heavy atom. The van der Waals surface area contributed by atoms with Crippen molar-refractivity contribution in [2.75, 3.05) is 13.2 Å². The Kier molecular flexibility index (Phi) is 6.27. The molecule has 2 rings (SSSR count). The van der Waals surface area contributed by atoms with Crippen LogP contribution in [0, 0.1) is 0 Å². The molecule has 2 aliphatic heterocycles. The molecule has 2 heterocycles.